The van der Waals surface area contributed by atoms with Crippen LogP contribution in [-0.4, -0.2) is 43.8 Å². The molecule has 12 heteroatoms. The van der Waals surface area contributed by atoms with Crippen LogP contribution in [0.1, 0.15) is 88.5 Å². The zero-order valence-corrected chi connectivity index (χ0v) is 27.2. The van der Waals surface area contributed by atoms with E-state index in [1.165, 1.54) is 12.0 Å². The molecule has 47 heavy (non-hydrogen) atoms. The monoisotopic (exact) mass is 669 g/mol. The predicted octanol–water partition coefficient (Wildman–Crippen LogP) is 9.49. The quantitative estimate of drug-likeness (QED) is 0.223. The van der Waals surface area contributed by atoms with Crippen molar-refractivity contribution >= 4 is 12.1 Å². The molecule has 1 amide bonds. The van der Waals surface area contributed by atoms with E-state index in [4.69, 9.17) is 14.2 Å². The fourth-order valence-corrected chi connectivity index (χ4v) is 6.61. The van der Waals surface area contributed by atoms with Crippen LogP contribution in [-0.2, 0) is 31.4 Å². The summed E-state index contributed by atoms with van der Waals surface area (Å²) < 4.78 is 97.9. The highest BCUT2D eigenvalue weighted by Gasteiger charge is 2.44. The zero-order valence-electron chi connectivity index (χ0n) is 27.2. The van der Waals surface area contributed by atoms with Crippen molar-refractivity contribution in [3.05, 3.63) is 81.7 Å². The molecule has 1 aliphatic heterocycles. The summed E-state index contributed by atoms with van der Waals surface area (Å²) in [5.41, 5.74) is -0.0982. The van der Waals surface area contributed by atoms with Gasteiger partial charge in [0.05, 0.1) is 37.3 Å². The molecular formula is C35H41F6NO5. The lowest BCUT2D eigenvalue weighted by atomic mass is 9.72. The molecule has 0 spiro atoms. The number of carbonyl (C=O) groups is 2. The Hall–Kier alpha value is -3.70. The SMILES string of the molecule is C=C1/C=C(OC)\C(C2=C(CN3C(=O)O[C@H](c4cc(C(F)(F)F)cc(C(F)(F)F)c4)[C@@H]3C)CC(C)(C)CC2)=C/CCC(C(=O)OC)CC1. The van der Waals surface area contributed by atoms with E-state index in [0.717, 1.165) is 28.7 Å². The minimum atomic E-state index is -5.03. The van der Waals surface area contributed by atoms with E-state index in [9.17, 15) is 35.9 Å². The minimum Gasteiger partial charge on any atom is -0.496 e. The Bertz CT molecular complexity index is 1450. The maximum atomic E-state index is 13.6. The number of amides is 1. The summed E-state index contributed by atoms with van der Waals surface area (Å²) >= 11 is 0. The van der Waals surface area contributed by atoms with Gasteiger partial charge < -0.3 is 14.2 Å². The third kappa shape index (κ3) is 8.43. The molecule has 3 aliphatic rings. The molecule has 0 radical (unpaired) electrons. The minimum absolute atomic E-state index is 0.0553. The van der Waals surface area contributed by atoms with E-state index in [1.807, 2.05) is 12.2 Å². The second kappa shape index (κ2) is 13.8. The van der Waals surface area contributed by atoms with Crippen LogP contribution in [0, 0.1) is 11.3 Å². The lowest BCUT2D eigenvalue weighted by Crippen LogP contribution is -2.36. The van der Waals surface area contributed by atoms with Gasteiger partial charge in [-0.25, -0.2) is 4.79 Å². The van der Waals surface area contributed by atoms with Crippen molar-refractivity contribution in [2.45, 2.75) is 90.2 Å². The van der Waals surface area contributed by atoms with Gasteiger partial charge in [0.15, 0.2) is 0 Å². The number of allylic oxidation sites excluding steroid dienone is 4. The number of nitrogens with zero attached hydrogens (tertiary/aromatic N) is 1. The van der Waals surface area contributed by atoms with Gasteiger partial charge in [-0.05, 0) is 98.3 Å². The summed E-state index contributed by atoms with van der Waals surface area (Å²) in [4.78, 5) is 27.0. The number of hydrogen-bond acceptors (Lipinski definition) is 5. The van der Waals surface area contributed by atoms with Gasteiger partial charge in [-0.2, -0.15) is 26.3 Å². The summed E-state index contributed by atoms with van der Waals surface area (Å²) in [6.45, 7) is 9.95. The van der Waals surface area contributed by atoms with Crippen LogP contribution >= 0.6 is 0 Å². The second-order valence-electron chi connectivity index (χ2n) is 13.3. The maximum Gasteiger partial charge on any atom is 0.416 e. The highest BCUT2D eigenvalue weighted by Crippen LogP contribution is 2.46. The molecule has 1 heterocycles. The third-order valence-electron chi connectivity index (χ3n) is 9.22. The normalized spacial score (nSPS) is 26.6. The number of rotatable bonds is 6. The van der Waals surface area contributed by atoms with Crippen molar-refractivity contribution in [1.82, 2.24) is 4.90 Å². The topological polar surface area (TPSA) is 65.1 Å². The van der Waals surface area contributed by atoms with Gasteiger partial charge in [-0.3, -0.25) is 9.69 Å². The molecular weight excluding hydrogens is 628 g/mol. The molecule has 0 bridgehead atoms. The molecule has 1 unspecified atom stereocenters. The third-order valence-corrected chi connectivity index (χ3v) is 9.22. The summed E-state index contributed by atoms with van der Waals surface area (Å²) in [6, 6.07) is 0.398. The van der Waals surface area contributed by atoms with E-state index in [1.54, 1.807) is 14.0 Å². The van der Waals surface area contributed by atoms with Gasteiger partial charge in [-0.15, -0.1) is 0 Å². The van der Waals surface area contributed by atoms with Gasteiger partial charge in [-0.1, -0.05) is 32.1 Å². The number of carbonyl (C=O) groups excluding carboxylic acids is 2. The number of cyclic esters (lactones) is 1. The Kier molecular flexibility index (Phi) is 10.6. The van der Waals surface area contributed by atoms with Gasteiger partial charge >= 0.3 is 24.4 Å². The molecule has 6 nitrogen and oxygen atoms in total. The van der Waals surface area contributed by atoms with E-state index in [-0.39, 0.29) is 35.5 Å². The number of methoxy groups -OCH3 is 2. The summed E-state index contributed by atoms with van der Waals surface area (Å²) in [5, 5.41) is 0. The Morgan fingerprint density at radius 3 is 2.26 bits per heavy atom. The molecule has 2 aliphatic carbocycles. The van der Waals surface area contributed by atoms with Gasteiger partial charge in [0.1, 0.15) is 11.9 Å². The Morgan fingerprint density at radius 2 is 1.68 bits per heavy atom. The highest BCUT2D eigenvalue weighted by molar-refractivity contribution is 5.72. The second-order valence-corrected chi connectivity index (χ2v) is 13.3. The van der Waals surface area contributed by atoms with E-state index < -0.39 is 41.7 Å². The number of halogens is 6. The van der Waals surface area contributed by atoms with Crippen LogP contribution in [0.3, 0.4) is 0 Å². The van der Waals surface area contributed by atoms with Crippen LogP contribution in [0.5, 0.6) is 0 Å². The van der Waals surface area contributed by atoms with Gasteiger partial charge in [0, 0.05) is 12.1 Å². The first-order valence-corrected chi connectivity index (χ1v) is 15.5. The first-order chi connectivity index (χ1) is 21.8. The number of benzene rings is 1. The van der Waals surface area contributed by atoms with Crippen molar-refractivity contribution in [3.8, 4) is 0 Å². The van der Waals surface area contributed by atoms with Crippen LogP contribution < -0.4 is 0 Å². The summed E-state index contributed by atoms with van der Waals surface area (Å²) in [5.74, 6) is -0.0172. The van der Waals surface area contributed by atoms with Gasteiger partial charge in [0.25, 0.3) is 0 Å². The molecule has 0 saturated carbocycles. The highest BCUT2D eigenvalue weighted by atomic mass is 19.4. The Morgan fingerprint density at radius 1 is 1.04 bits per heavy atom. The van der Waals surface area contributed by atoms with E-state index in [0.29, 0.717) is 56.4 Å². The lowest BCUT2D eigenvalue weighted by molar-refractivity contribution is -0.146. The van der Waals surface area contributed by atoms with Crippen molar-refractivity contribution in [2.75, 3.05) is 20.8 Å². The molecule has 3 atom stereocenters. The fourth-order valence-electron chi connectivity index (χ4n) is 6.61. The van der Waals surface area contributed by atoms with Crippen LogP contribution in [0.4, 0.5) is 31.1 Å². The maximum absolute atomic E-state index is 13.6. The molecule has 4 rings (SSSR count). The molecule has 1 fully saturated rings. The smallest absolute Gasteiger partial charge is 0.416 e. The first-order valence-electron chi connectivity index (χ1n) is 15.5. The summed E-state index contributed by atoms with van der Waals surface area (Å²) in [6.07, 6.45) is -4.16. The van der Waals surface area contributed by atoms with Crippen molar-refractivity contribution in [2.24, 2.45) is 11.3 Å². The molecule has 258 valence electrons. The first kappa shape index (κ1) is 36.1. The molecule has 1 aromatic carbocycles. The number of alkyl halides is 6. The van der Waals surface area contributed by atoms with Crippen LogP contribution in [0.25, 0.3) is 0 Å². The Labute approximate surface area is 271 Å². The molecule has 1 aromatic rings. The van der Waals surface area contributed by atoms with E-state index >= 15 is 0 Å². The average Bonchev–Trinajstić information content (AvgIpc) is 3.26. The zero-order chi connectivity index (χ0) is 34.9. The van der Waals surface area contributed by atoms with Crippen LogP contribution in [0.2, 0.25) is 0 Å². The standard InChI is InChI=1S/C35H41F6NO5/c1-20-10-11-22(31(43)46-6)8-7-9-28(29(14-20)45-5)27-12-13-33(3,4)18-24(27)19-42-21(2)30(47-32(42)44)23-15-25(34(36,37)38)17-26(16-23)35(39,40)41/h9,14-17,21-22,30H,1,7-8,10-13,18-19H2,2-6H3/b28-9-,29-14+/t21-,22?,30-/m0/s1. The molecule has 0 N–H and O–H groups in total. The fraction of sp³-hybridized carbons (Fsp3) is 0.543. The van der Waals surface area contributed by atoms with Crippen molar-refractivity contribution in [3.63, 3.8) is 0 Å². The number of hydrogen-bond donors (Lipinski definition) is 0. The average molecular weight is 670 g/mol. The van der Waals surface area contributed by atoms with Crippen molar-refractivity contribution in [1.29, 1.82) is 0 Å². The van der Waals surface area contributed by atoms with Gasteiger partial charge in [0.2, 0.25) is 0 Å². The van der Waals surface area contributed by atoms with E-state index in [2.05, 4.69) is 20.4 Å². The molecule has 0 aromatic heterocycles. The largest absolute Gasteiger partial charge is 0.496 e. The Balaban J connectivity index is 1.74. The van der Waals surface area contributed by atoms with Crippen LogP contribution in [0.15, 0.2) is 65.0 Å². The lowest BCUT2D eigenvalue weighted by Gasteiger charge is -2.36. The van der Waals surface area contributed by atoms with Crippen molar-refractivity contribution < 1.29 is 50.1 Å². The number of esters is 1. The molecule has 1 saturated heterocycles. The predicted molar refractivity (Wildman–Crippen MR) is 163 cm³/mol. The number of ether oxygens (including phenoxy) is 3. The summed E-state index contributed by atoms with van der Waals surface area (Å²) in [7, 11) is 2.91.